The molecule has 0 aromatic carbocycles. The highest BCUT2D eigenvalue weighted by Gasteiger charge is 2.38. The molecule has 2 aromatic rings. The Hall–Kier alpha value is -2.22. The molecule has 0 bridgehead atoms. The average molecular weight is 304 g/mol. The van der Waals surface area contributed by atoms with Gasteiger partial charge in [-0.25, -0.2) is 0 Å². The summed E-state index contributed by atoms with van der Waals surface area (Å²) >= 11 is 0. The number of amides is 1. The van der Waals surface area contributed by atoms with Crippen molar-refractivity contribution in [2.24, 2.45) is 13.0 Å². The number of anilines is 1. The lowest BCUT2D eigenvalue weighted by Gasteiger charge is -2.18. The van der Waals surface area contributed by atoms with Crippen molar-refractivity contribution in [3.8, 4) is 0 Å². The van der Waals surface area contributed by atoms with Crippen LogP contribution in [-0.4, -0.2) is 37.5 Å². The van der Waals surface area contributed by atoms with Crippen LogP contribution in [0.15, 0.2) is 0 Å². The first kappa shape index (κ1) is 14.7. The Morgan fingerprint density at radius 2 is 2.18 bits per heavy atom. The first-order valence-electron chi connectivity index (χ1n) is 7.29. The molecule has 2 atom stereocenters. The number of ether oxygens (including phenoxy) is 1. The van der Waals surface area contributed by atoms with E-state index in [1.165, 1.54) is 0 Å². The molecule has 118 valence electrons. The predicted molar refractivity (Wildman–Crippen MR) is 79.2 cm³/mol. The van der Waals surface area contributed by atoms with Gasteiger partial charge >= 0.3 is 0 Å². The highest BCUT2D eigenvalue weighted by atomic mass is 16.5. The quantitative estimate of drug-likeness (QED) is 0.887. The van der Waals surface area contributed by atoms with Gasteiger partial charge in [0.25, 0.3) is 0 Å². The first-order valence-corrected chi connectivity index (χ1v) is 7.29. The number of nitrogens with one attached hydrogen (secondary N) is 2. The third-order valence-electron chi connectivity index (χ3n) is 4.11. The van der Waals surface area contributed by atoms with Gasteiger partial charge in [-0.15, -0.1) is 5.10 Å². The van der Waals surface area contributed by atoms with E-state index in [2.05, 4.69) is 25.6 Å². The zero-order chi connectivity index (χ0) is 15.9. The van der Waals surface area contributed by atoms with Crippen molar-refractivity contribution in [2.75, 3.05) is 11.9 Å². The van der Waals surface area contributed by atoms with E-state index in [-0.39, 0.29) is 17.9 Å². The Balaban J connectivity index is 1.82. The van der Waals surface area contributed by atoms with Gasteiger partial charge in [0.1, 0.15) is 5.82 Å². The lowest BCUT2D eigenvalue weighted by Crippen LogP contribution is -2.26. The second-order valence-electron chi connectivity index (χ2n) is 5.63. The summed E-state index contributed by atoms with van der Waals surface area (Å²) in [6.45, 7) is 6.28. The molecule has 2 aromatic heterocycles. The highest BCUT2D eigenvalue weighted by Crippen LogP contribution is 2.38. The second kappa shape index (κ2) is 5.53. The molecule has 0 aliphatic carbocycles. The van der Waals surface area contributed by atoms with Crippen molar-refractivity contribution in [2.45, 2.75) is 33.3 Å². The largest absolute Gasteiger partial charge is 0.373 e. The van der Waals surface area contributed by atoms with Crippen LogP contribution in [0.4, 0.5) is 5.95 Å². The summed E-state index contributed by atoms with van der Waals surface area (Å²) in [7, 11) is 1.90. The van der Waals surface area contributed by atoms with Crippen molar-refractivity contribution in [3.63, 3.8) is 0 Å². The zero-order valence-corrected chi connectivity index (χ0v) is 13.2. The van der Waals surface area contributed by atoms with E-state index in [0.717, 1.165) is 17.0 Å². The van der Waals surface area contributed by atoms with Crippen LogP contribution >= 0.6 is 0 Å². The summed E-state index contributed by atoms with van der Waals surface area (Å²) in [5.74, 6) is 0.575. The summed E-state index contributed by atoms with van der Waals surface area (Å²) in [6, 6.07) is 0. The van der Waals surface area contributed by atoms with Crippen LogP contribution in [0.5, 0.6) is 0 Å². The Bertz CT molecular complexity index is 704. The van der Waals surface area contributed by atoms with Crippen molar-refractivity contribution >= 4 is 11.9 Å². The molecule has 1 fully saturated rings. The minimum Gasteiger partial charge on any atom is -0.373 e. The van der Waals surface area contributed by atoms with Crippen LogP contribution in [0.2, 0.25) is 0 Å². The van der Waals surface area contributed by atoms with Gasteiger partial charge in [0.2, 0.25) is 11.9 Å². The summed E-state index contributed by atoms with van der Waals surface area (Å²) in [5.41, 5.74) is 2.93. The van der Waals surface area contributed by atoms with Crippen LogP contribution in [0.25, 0.3) is 0 Å². The Morgan fingerprint density at radius 1 is 1.41 bits per heavy atom. The molecule has 2 N–H and O–H groups in total. The lowest BCUT2D eigenvalue weighted by atomic mass is 9.93. The minimum atomic E-state index is -0.270. The maximum atomic E-state index is 12.5. The number of carbonyl (C=O) groups excluding carboxylic acids is 1. The minimum absolute atomic E-state index is 0.121. The van der Waals surface area contributed by atoms with E-state index in [0.29, 0.717) is 24.8 Å². The van der Waals surface area contributed by atoms with Crippen LogP contribution in [0.1, 0.15) is 35.3 Å². The summed E-state index contributed by atoms with van der Waals surface area (Å²) < 4.78 is 7.65. The monoisotopic (exact) mass is 304 g/mol. The van der Waals surface area contributed by atoms with Crippen LogP contribution < -0.4 is 5.32 Å². The Morgan fingerprint density at radius 3 is 2.77 bits per heavy atom. The predicted octanol–water partition coefficient (Wildman–Crippen LogP) is 1.18. The fraction of sp³-hybridized carbons (Fsp3) is 0.571. The van der Waals surface area contributed by atoms with Gasteiger partial charge in [0.05, 0.1) is 17.7 Å². The van der Waals surface area contributed by atoms with Crippen LogP contribution in [-0.2, 0) is 16.6 Å². The van der Waals surface area contributed by atoms with Gasteiger partial charge in [0, 0.05) is 24.9 Å². The second-order valence-corrected chi connectivity index (χ2v) is 5.63. The molecule has 22 heavy (non-hydrogen) atoms. The molecule has 8 nitrogen and oxygen atoms in total. The van der Waals surface area contributed by atoms with Crippen molar-refractivity contribution in [3.05, 3.63) is 22.8 Å². The molecule has 1 aliphatic rings. The summed E-state index contributed by atoms with van der Waals surface area (Å²) in [5, 5.41) is 13.8. The molecule has 0 saturated carbocycles. The van der Waals surface area contributed by atoms with Crippen LogP contribution in [0, 0.1) is 26.7 Å². The van der Waals surface area contributed by atoms with E-state index < -0.39 is 0 Å². The number of hydrogen-bond acceptors (Lipinski definition) is 5. The third-order valence-corrected chi connectivity index (χ3v) is 4.11. The molecule has 0 unspecified atom stereocenters. The number of aromatic nitrogens is 5. The average Bonchev–Trinajstić information content (AvgIpc) is 3.12. The van der Waals surface area contributed by atoms with Gasteiger partial charge < -0.3 is 4.74 Å². The van der Waals surface area contributed by atoms with E-state index in [9.17, 15) is 4.79 Å². The van der Waals surface area contributed by atoms with Gasteiger partial charge in [-0.05, 0) is 27.2 Å². The topological polar surface area (TPSA) is 97.7 Å². The number of nitrogens with zero attached hydrogens (tertiary/aromatic N) is 4. The van der Waals surface area contributed by atoms with Crippen molar-refractivity contribution in [1.29, 1.82) is 0 Å². The molecule has 1 amide bonds. The fourth-order valence-electron chi connectivity index (χ4n) is 2.95. The van der Waals surface area contributed by atoms with E-state index in [4.69, 9.17) is 4.74 Å². The smallest absolute Gasteiger partial charge is 0.248 e. The fourth-order valence-corrected chi connectivity index (χ4v) is 2.95. The molecule has 3 heterocycles. The number of rotatable bonds is 3. The molecule has 1 saturated heterocycles. The Labute approximate surface area is 128 Å². The molecule has 0 radical (unpaired) electrons. The number of H-pyrrole nitrogens is 1. The van der Waals surface area contributed by atoms with Gasteiger partial charge in [-0.2, -0.15) is 10.1 Å². The number of aryl methyl sites for hydroxylation is 3. The van der Waals surface area contributed by atoms with E-state index >= 15 is 0 Å². The van der Waals surface area contributed by atoms with Crippen molar-refractivity contribution in [1.82, 2.24) is 25.0 Å². The summed E-state index contributed by atoms with van der Waals surface area (Å²) in [6.07, 6.45) is 0.405. The van der Waals surface area contributed by atoms with Gasteiger partial charge in [-0.1, -0.05) is 0 Å². The molecule has 8 heteroatoms. The normalized spacial score (nSPS) is 21.3. The number of hydrogen-bond donors (Lipinski definition) is 2. The standard InChI is InChI=1S/C14H20N6O2/c1-7-11(8(2)20(4)19-7)12-10(5-6-22-12)13(21)16-14-15-9(3)17-18-14/h10,12H,5-6H2,1-4H3,(H2,15,16,17,18,21)/t10-,12-/m0/s1. The van der Waals surface area contributed by atoms with Gasteiger partial charge in [-0.3, -0.25) is 19.9 Å². The van der Waals surface area contributed by atoms with E-state index in [1.807, 2.05) is 25.6 Å². The number of aromatic amines is 1. The SMILES string of the molecule is Cc1nc(NC(=O)[C@H]2CCO[C@@H]2c2c(C)nn(C)c2C)n[nH]1. The maximum absolute atomic E-state index is 12.5. The molecule has 1 aliphatic heterocycles. The lowest BCUT2D eigenvalue weighted by molar-refractivity contribution is -0.121. The van der Waals surface area contributed by atoms with Gasteiger partial charge in [0.15, 0.2) is 0 Å². The number of carbonyl (C=O) groups is 1. The Kier molecular flexibility index (Phi) is 3.69. The molecule has 0 spiro atoms. The third kappa shape index (κ3) is 2.50. The summed E-state index contributed by atoms with van der Waals surface area (Å²) in [4.78, 5) is 16.6. The first-order chi connectivity index (χ1) is 10.5. The van der Waals surface area contributed by atoms with Crippen LogP contribution in [0.3, 0.4) is 0 Å². The zero-order valence-electron chi connectivity index (χ0n) is 13.2. The molecular formula is C14H20N6O2. The highest BCUT2D eigenvalue weighted by molar-refractivity contribution is 5.91. The maximum Gasteiger partial charge on any atom is 0.248 e. The molecular weight excluding hydrogens is 284 g/mol. The van der Waals surface area contributed by atoms with E-state index in [1.54, 1.807) is 6.92 Å². The molecule has 3 rings (SSSR count). The van der Waals surface area contributed by atoms with Crippen molar-refractivity contribution < 1.29 is 9.53 Å².